The zero-order valence-electron chi connectivity index (χ0n) is 11.5. The van der Waals surface area contributed by atoms with Crippen LogP contribution in [0.25, 0.3) is 0 Å². The predicted octanol–water partition coefficient (Wildman–Crippen LogP) is 1.78. The molecule has 0 bridgehead atoms. The number of urea groups is 1. The topological polar surface area (TPSA) is 107 Å². The van der Waals surface area contributed by atoms with Crippen molar-refractivity contribution in [2.24, 2.45) is 0 Å². The van der Waals surface area contributed by atoms with Gasteiger partial charge in [-0.2, -0.15) is 0 Å². The van der Waals surface area contributed by atoms with Gasteiger partial charge in [-0.25, -0.2) is 14.6 Å². The van der Waals surface area contributed by atoms with Crippen LogP contribution < -0.4 is 10.6 Å². The number of amides is 2. The van der Waals surface area contributed by atoms with Gasteiger partial charge in [-0.1, -0.05) is 0 Å². The summed E-state index contributed by atoms with van der Waals surface area (Å²) in [5, 5.41) is 14.3. The zero-order chi connectivity index (χ0) is 15.2. The molecule has 4 N–H and O–H groups in total. The largest absolute Gasteiger partial charge is 0.478 e. The monoisotopic (exact) mass is 288 g/mol. The third-order valence-corrected chi connectivity index (χ3v) is 2.96. The first-order chi connectivity index (χ1) is 10.1. The standard InChI is InChI=1S/C14H16N4O3/c1-9-6-10(13(19)20)2-3-12(9)18-14(21)16-5-4-11-7-15-8-17-11/h2-3,6-8H,4-5H2,1H3,(H,15,17)(H,19,20)(H2,16,18,21). The lowest BCUT2D eigenvalue weighted by Crippen LogP contribution is -2.30. The second-order valence-electron chi connectivity index (χ2n) is 4.54. The van der Waals surface area contributed by atoms with Crippen molar-refractivity contribution in [1.29, 1.82) is 0 Å². The highest BCUT2D eigenvalue weighted by Crippen LogP contribution is 2.16. The molecular weight excluding hydrogens is 272 g/mol. The minimum absolute atomic E-state index is 0.192. The van der Waals surface area contributed by atoms with Crippen molar-refractivity contribution in [3.05, 3.63) is 47.5 Å². The molecule has 0 radical (unpaired) electrons. The van der Waals surface area contributed by atoms with Crippen molar-refractivity contribution < 1.29 is 14.7 Å². The Morgan fingerprint density at radius 2 is 2.19 bits per heavy atom. The lowest BCUT2D eigenvalue weighted by atomic mass is 10.1. The summed E-state index contributed by atoms with van der Waals surface area (Å²) in [6.45, 7) is 2.22. The number of anilines is 1. The van der Waals surface area contributed by atoms with E-state index in [1.54, 1.807) is 25.5 Å². The molecule has 0 saturated carbocycles. The summed E-state index contributed by atoms with van der Waals surface area (Å²) in [5.74, 6) is -0.992. The molecule has 0 aliphatic rings. The number of aromatic amines is 1. The molecule has 2 amide bonds. The van der Waals surface area contributed by atoms with E-state index >= 15 is 0 Å². The number of imidazole rings is 1. The molecular formula is C14H16N4O3. The molecule has 110 valence electrons. The third-order valence-electron chi connectivity index (χ3n) is 2.96. The van der Waals surface area contributed by atoms with Gasteiger partial charge in [-0.05, 0) is 30.7 Å². The maximum atomic E-state index is 11.7. The molecule has 0 unspecified atom stereocenters. The van der Waals surface area contributed by atoms with Crippen molar-refractivity contribution in [3.8, 4) is 0 Å². The van der Waals surface area contributed by atoms with Crippen LogP contribution in [0.2, 0.25) is 0 Å². The summed E-state index contributed by atoms with van der Waals surface area (Å²) >= 11 is 0. The van der Waals surface area contributed by atoms with Gasteiger partial charge in [-0.3, -0.25) is 0 Å². The van der Waals surface area contributed by atoms with Crippen molar-refractivity contribution in [1.82, 2.24) is 15.3 Å². The van der Waals surface area contributed by atoms with Crippen LogP contribution >= 0.6 is 0 Å². The number of nitrogens with zero attached hydrogens (tertiary/aromatic N) is 1. The van der Waals surface area contributed by atoms with Crippen LogP contribution in [0.15, 0.2) is 30.7 Å². The Kier molecular flexibility index (Phi) is 4.55. The van der Waals surface area contributed by atoms with Gasteiger partial charge < -0.3 is 20.7 Å². The number of aryl methyl sites for hydroxylation is 1. The predicted molar refractivity (Wildman–Crippen MR) is 77.5 cm³/mol. The van der Waals surface area contributed by atoms with E-state index in [2.05, 4.69) is 20.6 Å². The first-order valence-electron chi connectivity index (χ1n) is 6.42. The van der Waals surface area contributed by atoms with Crippen molar-refractivity contribution >= 4 is 17.7 Å². The van der Waals surface area contributed by atoms with Gasteiger partial charge >= 0.3 is 12.0 Å². The Bertz CT molecular complexity index is 638. The highest BCUT2D eigenvalue weighted by atomic mass is 16.4. The van der Waals surface area contributed by atoms with Gasteiger partial charge in [0.25, 0.3) is 0 Å². The second-order valence-corrected chi connectivity index (χ2v) is 4.54. The number of carboxylic acids is 1. The fourth-order valence-electron chi connectivity index (χ4n) is 1.84. The molecule has 2 aromatic rings. The molecule has 0 spiro atoms. The Morgan fingerprint density at radius 3 is 2.81 bits per heavy atom. The van der Waals surface area contributed by atoms with Crippen molar-refractivity contribution in [3.63, 3.8) is 0 Å². The SMILES string of the molecule is Cc1cc(C(=O)O)ccc1NC(=O)NCCc1cnc[nH]1. The van der Waals surface area contributed by atoms with Gasteiger partial charge in [-0.15, -0.1) is 0 Å². The van der Waals surface area contributed by atoms with Gasteiger partial charge in [0.05, 0.1) is 11.9 Å². The van der Waals surface area contributed by atoms with Crippen molar-refractivity contribution in [2.75, 3.05) is 11.9 Å². The first kappa shape index (κ1) is 14.6. The quantitative estimate of drug-likeness (QED) is 0.672. The number of nitrogens with one attached hydrogen (secondary N) is 3. The van der Waals surface area contributed by atoms with Crippen LogP contribution in [0.4, 0.5) is 10.5 Å². The Morgan fingerprint density at radius 1 is 1.38 bits per heavy atom. The molecule has 0 fully saturated rings. The van der Waals surface area contributed by atoms with E-state index in [0.717, 1.165) is 5.69 Å². The summed E-state index contributed by atoms with van der Waals surface area (Å²) in [4.78, 5) is 29.4. The summed E-state index contributed by atoms with van der Waals surface area (Å²) in [6, 6.07) is 4.21. The van der Waals surface area contributed by atoms with Crippen LogP contribution in [0.5, 0.6) is 0 Å². The average molecular weight is 288 g/mol. The smallest absolute Gasteiger partial charge is 0.335 e. The highest BCUT2D eigenvalue weighted by Gasteiger charge is 2.08. The Hall–Kier alpha value is -2.83. The Labute approximate surface area is 121 Å². The van der Waals surface area contributed by atoms with Crippen LogP contribution in [-0.2, 0) is 6.42 Å². The number of carboxylic acid groups (broad SMARTS) is 1. The van der Waals surface area contributed by atoms with Crippen LogP contribution in [-0.4, -0.2) is 33.6 Å². The van der Waals surface area contributed by atoms with E-state index in [0.29, 0.717) is 24.2 Å². The lowest BCUT2D eigenvalue weighted by molar-refractivity contribution is 0.0697. The maximum Gasteiger partial charge on any atom is 0.335 e. The summed E-state index contributed by atoms with van der Waals surface area (Å²) in [6.07, 6.45) is 3.95. The molecule has 0 aliphatic carbocycles. The van der Waals surface area contributed by atoms with E-state index in [4.69, 9.17) is 5.11 Å². The first-order valence-corrected chi connectivity index (χ1v) is 6.42. The zero-order valence-corrected chi connectivity index (χ0v) is 11.5. The number of H-pyrrole nitrogens is 1. The molecule has 7 nitrogen and oxygen atoms in total. The lowest BCUT2D eigenvalue weighted by Gasteiger charge is -2.10. The number of benzene rings is 1. The molecule has 0 aliphatic heterocycles. The van der Waals surface area contributed by atoms with E-state index in [-0.39, 0.29) is 11.6 Å². The fraction of sp³-hybridized carbons (Fsp3) is 0.214. The van der Waals surface area contributed by atoms with Gasteiger partial charge in [0.1, 0.15) is 0 Å². The van der Waals surface area contributed by atoms with E-state index in [9.17, 15) is 9.59 Å². The summed E-state index contributed by atoms with van der Waals surface area (Å²) in [5.41, 5.74) is 2.41. The molecule has 21 heavy (non-hydrogen) atoms. The molecule has 1 heterocycles. The third kappa shape index (κ3) is 4.07. The minimum atomic E-state index is -0.992. The molecule has 1 aromatic carbocycles. The summed E-state index contributed by atoms with van der Waals surface area (Å²) < 4.78 is 0. The average Bonchev–Trinajstić information content (AvgIpc) is 2.94. The molecule has 7 heteroatoms. The second kappa shape index (κ2) is 6.56. The maximum absolute atomic E-state index is 11.7. The van der Waals surface area contributed by atoms with Gasteiger partial charge in [0.2, 0.25) is 0 Å². The van der Waals surface area contributed by atoms with Crippen LogP contribution in [0, 0.1) is 6.92 Å². The minimum Gasteiger partial charge on any atom is -0.478 e. The number of aromatic carboxylic acids is 1. The van der Waals surface area contributed by atoms with E-state index in [1.165, 1.54) is 12.1 Å². The number of carbonyl (C=O) groups excluding carboxylic acids is 1. The number of carbonyl (C=O) groups is 2. The number of hydrogen-bond acceptors (Lipinski definition) is 3. The van der Waals surface area contributed by atoms with Crippen LogP contribution in [0.3, 0.4) is 0 Å². The molecule has 0 atom stereocenters. The number of aromatic nitrogens is 2. The van der Waals surface area contributed by atoms with Crippen LogP contribution in [0.1, 0.15) is 21.6 Å². The molecule has 1 aromatic heterocycles. The van der Waals surface area contributed by atoms with E-state index < -0.39 is 5.97 Å². The number of hydrogen-bond donors (Lipinski definition) is 4. The highest BCUT2D eigenvalue weighted by molar-refractivity contribution is 5.92. The molecule has 0 saturated heterocycles. The fourth-order valence-corrected chi connectivity index (χ4v) is 1.84. The molecule has 2 rings (SSSR count). The normalized spacial score (nSPS) is 10.1. The van der Waals surface area contributed by atoms with Gasteiger partial charge in [0, 0.05) is 30.5 Å². The Balaban J connectivity index is 1.86. The van der Waals surface area contributed by atoms with Gasteiger partial charge in [0.15, 0.2) is 0 Å². The number of rotatable bonds is 5. The van der Waals surface area contributed by atoms with Crippen molar-refractivity contribution in [2.45, 2.75) is 13.3 Å². The van der Waals surface area contributed by atoms with E-state index in [1.807, 2.05) is 0 Å². The summed E-state index contributed by atoms with van der Waals surface area (Å²) in [7, 11) is 0.